The summed E-state index contributed by atoms with van der Waals surface area (Å²) in [7, 11) is 1.76. The van der Waals surface area contributed by atoms with Crippen molar-refractivity contribution in [2.24, 2.45) is 11.8 Å². The molecule has 2 aromatic rings. The summed E-state index contributed by atoms with van der Waals surface area (Å²) < 4.78 is 5.43. The van der Waals surface area contributed by atoms with E-state index in [0.29, 0.717) is 6.04 Å². The molecule has 0 radical (unpaired) electrons. The van der Waals surface area contributed by atoms with Crippen LogP contribution in [-0.4, -0.2) is 30.1 Å². The Bertz CT molecular complexity index is 720. The molecule has 1 N–H and O–H groups in total. The summed E-state index contributed by atoms with van der Waals surface area (Å²) in [6.45, 7) is 2.56. The molecule has 1 saturated carbocycles. The van der Waals surface area contributed by atoms with Gasteiger partial charge in [0.25, 0.3) is 0 Å². The molecule has 2 aliphatic heterocycles. The number of methoxy groups -OCH3 is 1. The van der Waals surface area contributed by atoms with Gasteiger partial charge in [0.05, 0.1) is 13.2 Å². The van der Waals surface area contributed by atoms with E-state index in [1.54, 1.807) is 12.7 Å². The van der Waals surface area contributed by atoms with E-state index in [2.05, 4.69) is 28.1 Å². The van der Waals surface area contributed by atoms with E-state index in [0.717, 1.165) is 17.6 Å². The molecule has 3 nitrogen and oxygen atoms in total. The van der Waals surface area contributed by atoms with E-state index in [1.165, 1.54) is 61.8 Å². The summed E-state index contributed by atoms with van der Waals surface area (Å²) in [5.74, 6) is 2.78. The first-order valence-corrected chi connectivity index (χ1v) is 8.77. The molecule has 3 aliphatic rings. The Morgan fingerprint density at radius 3 is 3.05 bits per heavy atom. The topological polar surface area (TPSA) is 28.3 Å². The predicted molar refractivity (Wildman–Crippen MR) is 88.3 cm³/mol. The highest BCUT2D eigenvalue weighted by Gasteiger charge is 2.46. The molecule has 22 heavy (non-hydrogen) atoms. The number of aromatic amines is 1. The molecule has 1 saturated heterocycles. The van der Waals surface area contributed by atoms with Crippen LogP contribution in [0.2, 0.25) is 0 Å². The Morgan fingerprint density at radius 1 is 1.23 bits per heavy atom. The van der Waals surface area contributed by atoms with Crippen LogP contribution in [0.15, 0.2) is 18.2 Å². The molecule has 0 unspecified atom stereocenters. The minimum atomic E-state index is 0.646. The van der Waals surface area contributed by atoms with Crippen molar-refractivity contribution >= 4 is 10.9 Å². The van der Waals surface area contributed by atoms with Crippen molar-refractivity contribution in [2.45, 2.75) is 38.1 Å². The lowest BCUT2D eigenvalue weighted by atomic mass is 9.77. The van der Waals surface area contributed by atoms with E-state index < -0.39 is 0 Å². The smallest absolute Gasteiger partial charge is 0.119 e. The van der Waals surface area contributed by atoms with Gasteiger partial charge in [-0.05, 0) is 54.9 Å². The summed E-state index contributed by atoms with van der Waals surface area (Å²) in [6, 6.07) is 7.12. The monoisotopic (exact) mass is 296 g/mol. The van der Waals surface area contributed by atoms with Gasteiger partial charge in [-0.1, -0.05) is 12.8 Å². The molecule has 0 spiro atoms. The molecule has 3 heterocycles. The number of rotatable bonds is 1. The van der Waals surface area contributed by atoms with Gasteiger partial charge in [-0.3, -0.25) is 4.90 Å². The number of fused-ring (bicyclic) bond motifs is 7. The molecule has 1 aliphatic carbocycles. The van der Waals surface area contributed by atoms with Crippen LogP contribution in [0.5, 0.6) is 5.75 Å². The third kappa shape index (κ3) is 1.72. The number of ether oxygens (including phenoxy) is 1. The summed E-state index contributed by atoms with van der Waals surface area (Å²) in [5, 5.41) is 1.38. The van der Waals surface area contributed by atoms with Crippen LogP contribution in [-0.2, 0) is 6.42 Å². The van der Waals surface area contributed by atoms with Gasteiger partial charge in [0.1, 0.15) is 5.75 Å². The summed E-state index contributed by atoms with van der Waals surface area (Å²) in [4.78, 5) is 6.53. The number of benzene rings is 1. The van der Waals surface area contributed by atoms with Gasteiger partial charge in [0, 0.05) is 29.7 Å². The maximum atomic E-state index is 5.43. The first-order chi connectivity index (χ1) is 10.8. The summed E-state index contributed by atoms with van der Waals surface area (Å²) >= 11 is 0. The first-order valence-electron chi connectivity index (χ1n) is 8.77. The van der Waals surface area contributed by atoms with Crippen molar-refractivity contribution in [3.63, 3.8) is 0 Å². The zero-order valence-corrected chi connectivity index (χ0v) is 13.3. The third-order valence-electron chi connectivity index (χ3n) is 6.33. The second kappa shape index (κ2) is 4.76. The fourth-order valence-corrected chi connectivity index (χ4v) is 5.34. The highest BCUT2D eigenvalue weighted by Crippen LogP contribution is 2.51. The highest BCUT2D eigenvalue weighted by molar-refractivity contribution is 5.86. The minimum absolute atomic E-state index is 0.646. The van der Waals surface area contributed by atoms with Crippen LogP contribution < -0.4 is 4.74 Å². The summed E-state index contributed by atoms with van der Waals surface area (Å²) in [5.41, 5.74) is 4.36. The normalized spacial score (nSPS) is 30.9. The van der Waals surface area contributed by atoms with Crippen LogP contribution in [0.3, 0.4) is 0 Å². The van der Waals surface area contributed by atoms with E-state index in [4.69, 9.17) is 4.74 Å². The van der Waals surface area contributed by atoms with Crippen molar-refractivity contribution < 1.29 is 4.74 Å². The number of nitrogens with zero attached hydrogens (tertiary/aromatic N) is 1. The molecule has 3 heteroatoms. The lowest BCUT2D eigenvalue weighted by Crippen LogP contribution is -2.32. The molecular weight excluding hydrogens is 272 g/mol. The summed E-state index contributed by atoms with van der Waals surface area (Å²) in [6.07, 6.45) is 6.91. The third-order valence-corrected chi connectivity index (χ3v) is 6.33. The number of hydrogen-bond acceptors (Lipinski definition) is 2. The predicted octanol–water partition coefficient (Wildman–Crippen LogP) is 3.90. The zero-order valence-electron chi connectivity index (χ0n) is 13.3. The van der Waals surface area contributed by atoms with Gasteiger partial charge in [0.15, 0.2) is 0 Å². The van der Waals surface area contributed by atoms with Crippen molar-refractivity contribution in [1.29, 1.82) is 0 Å². The number of nitrogens with one attached hydrogen (secondary N) is 1. The van der Waals surface area contributed by atoms with E-state index in [1.807, 2.05) is 0 Å². The van der Waals surface area contributed by atoms with Crippen LogP contribution in [0.1, 0.15) is 43.0 Å². The maximum absolute atomic E-state index is 5.43. The number of H-pyrrole nitrogens is 1. The Morgan fingerprint density at radius 2 is 2.14 bits per heavy atom. The van der Waals surface area contributed by atoms with E-state index in [-0.39, 0.29) is 0 Å². The Kier molecular flexibility index (Phi) is 2.81. The Hall–Kier alpha value is -1.48. The quantitative estimate of drug-likeness (QED) is 0.864. The maximum Gasteiger partial charge on any atom is 0.119 e. The number of aromatic nitrogens is 1. The van der Waals surface area contributed by atoms with E-state index in [9.17, 15) is 0 Å². The van der Waals surface area contributed by atoms with Gasteiger partial charge in [-0.2, -0.15) is 0 Å². The highest BCUT2D eigenvalue weighted by atomic mass is 16.5. The first kappa shape index (κ1) is 13.0. The van der Waals surface area contributed by atoms with Crippen molar-refractivity contribution in [3.05, 3.63) is 29.5 Å². The largest absolute Gasteiger partial charge is 0.497 e. The fourth-order valence-electron chi connectivity index (χ4n) is 5.34. The average Bonchev–Trinajstić information content (AvgIpc) is 3.11. The van der Waals surface area contributed by atoms with Crippen LogP contribution in [0.4, 0.5) is 0 Å². The molecule has 1 aromatic heterocycles. The number of hydrogen-bond donors (Lipinski definition) is 1. The van der Waals surface area contributed by atoms with Gasteiger partial charge in [0.2, 0.25) is 0 Å². The Labute approximate surface area is 131 Å². The van der Waals surface area contributed by atoms with Gasteiger partial charge in [-0.15, -0.1) is 0 Å². The molecule has 0 bridgehead atoms. The lowest BCUT2D eigenvalue weighted by molar-refractivity contribution is 0.198. The van der Waals surface area contributed by atoms with Crippen LogP contribution in [0.25, 0.3) is 10.9 Å². The van der Waals surface area contributed by atoms with Crippen molar-refractivity contribution in [3.8, 4) is 5.75 Å². The fraction of sp³-hybridized carbons (Fsp3) is 0.579. The average molecular weight is 296 g/mol. The molecule has 5 rings (SSSR count). The second-order valence-electron chi connectivity index (χ2n) is 7.33. The van der Waals surface area contributed by atoms with Crippen LogP contribution in [0, 0.1) is 11.8 Å². The molecule has 0 amide bonds. The van der Waals surface area contributed by atoms with Gasteiger partial charge < -0.3 is 9.72 Å². The molecular formula is C19H24N2O. The standard InChI is InChI=1S/C19H24N2O/c1-22-13-6-7-17-16(10-13)15-8-9-21-11-12-4-2-3-5-14(12)19(21)18(15)20-17/h6-7,10,12,14,19-20H,2-5,8-9,11H2,1H3/t12-,14+,19+/m0/s1. The zero-order chi connectivity index (χ0) is 14.7. The Balaban J connectivity index is 1.64. The SMILES string of the molecule is COc1ccc2[nH]c3c(c2c1)CCN1C[C@@H]2CCCC[C@H]2[C@H]31. The molecule has 1 aromatic carbocycles. The molecule has 3 atom stereocenters. The second-order valence-corrected chi connectivity index (χ2v) is 7.33. The van der Waals surface area contributed by atoms with Gasteiger partial charge >= 0.3 is 0 Å². The van der Waals surface area contributed by atoms with Crippen LogP contribution >= 0.6 is 0 Å². The van der Waals surface area contributed by atoms with Crippen molar-refractivity contribution in [1.82, 2.24) is 9.88 Å². The minimum Gasteiger partial charge on any atom is -0.497 e. The molecule has 116 valence electrons. The van der Waals surface area contributed by atoms with Gasteiger partial charge in [-0.25, -0.2) is 0 Å². The van der Waals surface area contributed by atoms with E-state index >= 15 is 0 Å². The lowest BCUT2D eigenvalue weighted by Gasteiger charge is -2.34. The molecule has 2 fully saturated rings. The van der Waals surface area contributed by atoms with Crippen molar-refractivity contribution in [2.75, 3.05) is 20.2 Å².